The number of nitrogens with one attached hydrogen (secondary N) is 1. The van der Waals surface area contributed by atoms with E-state index in [-0.39, 0.29) is 0 Å². The monoisotopic (exact) mass is 269 g/mol. The first-order chi connectivity index (χ1) is 8.49. The minimum atomic E-state index is -3.17. The number of hydrogen-bond donors (Lipinski definition) is 1. The highest BCUT2D eigenvalue weighted by Crippen LogP contribution is 2.23. The van der Waals surface area contributed by atoms with Crippen LogP contribution in [0.4, 0.5) is 5.69 Å². The summed E-state index contributed by atoms with van der Waals surface area (Å²) in [7, 11) is -3.17. The molecule has 0 amide bonds. The summed E-state index contributed by atoms with van der Waals surface area (Å²) in [6, 6.07) is 7.46. The molecule has 0 saturated heterocycles. The first kappa shape index (κ1) is 15.0. The van der Waals surface area contributed by atoms with Crippen LogP contribution < -0.4 is 5.32 Å². The summed E-state index contributed by atoms with van der Waals surface area (Å²) in [5.41, 5.74) is 0.725. The Hall–Kier alpha value is -1.03. The van der Waals surface area contributed by atoms with Crippen LogP contribution in [0.2, 0.25) is 0 Å². The smallest absolute Gasteiger partial charge is 0.177 e. The van der Waals surface area contributed by atoms with Crippen LogP contribution in [-0.4, -0.2) is 20.7 Å². The zero-order chi connectivity index (χ0) is 13.6. The molecule has 0 aliphatic carbocycles. The van der Waals surface area contributed by atoms with Gasteiger partial charge in [0, 0.05) is 12.3 Å². The van der Waals surface area contributed by atoms with Crippen LogP contribution in [0, 0.1) is 0 Å². The van der Waals surface area contributed by atoms with Crippen LogP contribution in [0.15, 0.2) is 29.2 Å². The highest BCUT2D eigenvalue weighted by atomic mass is 32.2. The van der Waals surface area contributed by atoms with Gasteiger partial charge >= 0.3 is 0 Å². The van der Waals surface area contributed by atoms with Crippen molar-refractivity contribution in [2.45, 2.75) is 50.5 Å². The molecule has 102 valence electrons. The van der Waals surface area contributed by atoms with E-state index >= 15 is 0 Å². The molecule has 0 aliphatic heterocycles. The minimum Gasteiger partial charge on any atom is -0.381 e. The average Bonchev–Trinajstić information content (AvgIpc) is 2.33. The molecule has 0 spiro atoms. The van der Waals surface area contributed by atoms with E-state index in [0.29, 0.717) is 10.9 Å². The molecule has 1 aromatic rings. The predicted molar refractivity (Wildman–Crippen MR) is 76.8 cm³/mol. The van der Waals surface area contributed by atoms with Crippen molar-refractivity contribution in [3.8, 4) is 0 Å². The van der Waals surface area contributed by atoms with Crippen molar-refractivity contribution in [3.63, 3.8) is 0 Å². The maximum Gasteiger partial charge on any atom is 0.177 e. The van der Waals surface area contributed by atoms with E-state index in [1.807, 2.05) is 12.1 Å². The summed E-state index contributed by atoms with van der Waals surface area (Å²) in [6.07, 6.45) is 5.64. The number of rotatable bonds is 7. The summed E-state index contributed by atoms with van der Waals surface area (Å²) in [5, 5.41) is 3.36. The van der Waals surface area contributed by atoms with Crippen molar-refractivity contribution in [1.82, 2.24) is 0 Å². The quantitative estimate of drug-likeness (QED) is 0.824. The van der Waals surface area contributed by atoms with Crippen LogP contribution in [0.5, 0.6) is 0 Å². The summed E-state index contributed by atoms with van der Waals surface area (Å²) >= 11 is 0. The molecule has 0 bridgehead atoms. The van der Waals surface area contributed by atoms with E-state index in [1.165, 1.54) is 6.26 Å². The summed E-state index contributed by atoms with van der Waals surface area (Å²) in [6.45, 7) is 4.29. The third kappa shape index (κ3) is 4.33. The maximum absolute atomic E-state index is 11.7. The number of benzene rings is 1. The first-order valence-electron chi connectivity index (χ1n) is 6.54. The number of sulfone groups is 1. The zero-order valence-corrected chi connectivity index (χ0v) is 12.3. The maximum atomic E-state index is 11.7. The van der Waals surface area contributed by atoms with Crippen LogP contribution in [0.1, 0.15) is 39.5 Å². The molecular formula is C14H23NO2S. The Bertz CT molecular complexity index is 468. The molecule has 1 N–H and O–H groups in total. The SMILES string of the molecule is CCCCC(CC)Nc1ccccc1S(C)(=O)=O. The van der Waals surface area contributed by atoms with Gasteiger partial charge in [-0.1, -0.05) is 38.8 Å². The fourth-order valence-corrected chi connectivity index (χ4v) is 2.81. The third-order valence-electron chi connectivity index (χ3n) is 3.05. The molecule has 0 aromatic heterocycles. The highest BCUT2D eigenvalue weighted by Gasteiger charge is 2.14. The minimum absolute atomic E-state index is 0.341. The Kier molecular flexibility index (Phi) is 5.66. The van der Waals surface area contributed by atoms with Crippen LogP contribution >= 0.6 is 0 Å². The van der Waals surface area contributed by atoms with Gasteiger partial charge in [0.25, 0.3) is 0 Å². The molecule has 4 heteroatoms. The summed E-state index contributed by atoms with van der Waals surface area (Å²) in [4.78, 5) is 0.389. The molecule has 3 nitrogen and oxygen atoms in total. The van der Waals surface area contributed by atoms with Crippen LogP contribution in [-0.2, 0) is 9.84 Å². The Morgan fingerprint density at radius 2 is 1.89 bits per heavy atom. The number of para-hydroxylation sites is 1. The third-order valence-corrected chi connectivity index (χ3v) is 4.20. The summed E-state index contributed by atoms with van der Waals surface area (Å²) in [5.74, 6) is 0. The molecule has 0 aliphatic rings. The van der Waals surface area contributed by atoms with Gasteiger partial charge in [0.1, 0.15) is 0 Å². The average molecular weight is 269 g/mol. The lowest BCUT2D eigenvalue weighted by Crippen LogP contribution is -2.19. The van der Waals surface area contributed by atoms with E-state index in [9.17, 15) is 8.42 Å². The predicted octanol–water partition coefficient (Wildman–Crippen LogP) is 3.47. The largest absolute Gasteiger partial charge is 0.381 e. The van der Waals surface area contributed by atoms with Crippen molar-refractivity contribution in [2.24, 2.45) is 0 Å². The topological polar surface area (TPSA) is 46.2 Å². The Labute approximate surface area is 111 Å². The second kappa shape index (κ2) is 6.78. The van der Waals surface area contributed by atoms with Gasteiger partial charge in [0.05, 0.1) is 10.6 Å². The molecule has 1 atom stereocenters. The molecular weight excluding hydrogens is 246 g/mol. The molecule has 18 heavy (non-hydrogen) atoms. The van der Waals surface area contributed by atoms with Crippen LogP contribution in [0.3, 0.4) is 0 Å². The van der Waals surface area contributed by atoms with Gasteiger partial charge in [-0.2, -0.15) is 0 Å². The lowest BCUT2D eigenvalue weighted by Gasteiger charge is -2.19. The van der Waals surface area contributed by atoms with Gasteiger partial charge < -0.3 is 5.32 Å². The Morgan fingerprint density at radius 3 is 2.44 bits per heavy atom. The fourth-order valence-electron chi connectivity index (χ4n) is 1.96. The Balaban J connectivity index is 2.89. The molecule has 1 rings (SSSR count). The van der Waals surface area contributed by atoms with Gasteiger partial charge in [-0.15, -0.1) is 0 Å². The molecule has 0 heterocycles. The summed E-state index contributed by atoms with van der Waals surface area (Å²) < 4.78 is 23.4. The molecule has 1 unspecified atom stereocenters. The second-order valence-corrected chi connectivity index (χ2v) is 6.64. The normalized spacial score (nSPS) is 13.3. The van der Waals surface area contributed by atoms with Crippen molar-refractivity contribution in [1.29, 1.82) is 0 Å². The first-order valence-corrected chi connectivity index (χ1v) is 8.43. The van der Waals surface area contributed by atoms with Gasteiger partial charge in [-0.3, -0.25) is 0 Å². The standard InChI is InChI=1S/C14H23NO2S/c1-4-6-9-12(5-2)15-13-10-7-8-11-14(13)18(3,16)17/h7-8,10-12,15H,4-6,9H2,1-3H3. The molecule has 1 aromatic carbocycles. The molecule has 0 saturated carbocycles. The second-order valence-electron chi connectivity index (χ2n) is 4.66. The van der Waals surface area contributed by atoms with Crippen molar-refractivity contribution in [2.75, 3.05) is 11.6 Å². The number of hydrogen-bond acceptors (Lipinski definition) is 3. The van der Waals surface area contributed by atoms with Crippen molar-refractivity contribution < 1.29 is 8.42 Å². The van der Waals surface area contributed by atoms with Gasteiger partial charge in [0.15, 0.2) is 9.84 Å². The van der Waals surface area contributed by atoms with Crippen LogP contribution in [0.25, 0.3) is 0 Å². The van der Waals surface area contributed by atoms with Crippen molar-refractivity contribution >= 4 is 15.5 Å². The zero-order valence-electron chi connectivity index (χ0n) is 11.4. The van der Waals surface area contributed by atoms with E-state index in [4.69, 9.17) is 0 Å². The number of anilines is 1. The van der Waals surface area contributed by atoms with E-state index in [0.717, 1.165) is 31.4 Å². The Morgan fingerprint density at radius 1 is 1.22 bits per heavy atom. The molecule has 0 fully saturated rings. The van der Waals surface area contributed by atoms with Gasteiger partial charge in [-0.05, 0) is 25.0 Å². The van der Waals surface area contributed by atoms with Gasteiger partial charge in [-0.25, -0.2) is 8.42 Å². The lowest BCUT2D eigenvalue weighted by atomic mass is 10.1. The molecule has 0 radical (unpaired) electrons. The highest BCUT2D eigenvalue weighted by molar-refractivity contribution is 7.90. The lowest BCUT2D eigenvalue weighted by molar-refractivity contribution is 0.589. The van der Waals surface area contributed by atoms with E-state index in [1.54, 1.807) is 12.1 Å². The number of unbranched alkanes of at least 4 members (excludes halogenated alkanes) is 1. The van der Waals surface area contributed by atoms with Crippen molar-refractivity contribution in [3.05, 3.63) is 24.3 Å². The van der Waals surface area contributed by atoms with E-state index in [2.05, 4.69) is 19.2 Å². The van der Waals surface area contributed by atoms with E-state index < -0.39 is 9.84 Å². The van der Waals surface area contributed by atoms with Gasteiger partial charge in [0.2, 0.25) is 0 Å². The fraction of sp³-hybridized carbons (Fsp3) is 0.571.